The molecule has 3 heteroatoms. The van der Waals surface area contributed by atoms with E-state index in [4.69, 9.17) is 0 Å². The molecule has 18 heavy (non-hydrogen) atoms. The van der Waals surface area contributed by atoms with Gasteiger partial charge >= 0.3 is 0 Å². The summed E-state index contributed by atoms with van der Waals surface area (Å²) in [4.78, 5) is 14.2. The fourth-order valence-electron chi connectivity index (χ4n) is 2.26. The Morgan fingerprint density at radius 1 is 1.22 bits per heavy atom. The monoisotopic (exact) mass is 307 g/mol. The molecule has 1 aromatic carbocycles. The highest BCUT2D eigenvalue weighted by Crippen LogP contribution is 2.27. The van der Waals surface area contributed by atoms with E-state index in [0.717, 1.165) is 35.0 Å². The Morgan fingerprint density at radius 2 is 2.00 bits per heavy atom. The van der Waals surface area contributed by atoms with Crippen LogP contribution in [0.25, 0.3) is 0 Å². The van der Waals surface area contributed by atoms with E-state index in [0.29, 0.717) is 0 Å². The topological polar surface area (TPSA) is 20.3 Å². The van der Waals surface area contributed by atoms with Gasteiger partial charge in [0.15, 0.2) is 0 Å². The van der Waals surface area contributed by atoms with Crippen molar-refractivity contribution in [2.45, 2.75) is 32.1 Å². The number of carbonyl (C=O) groups is 1. The first-order valence-corrected chi connectivity index (χ1v) is 7.21. The van der Waals surface area contributed by atoms with E-state index in [1.165, 1.54) is 12.8 Å². The van der Waals surface area contributed by atoms with Gasteiger partial charge in [0.25, 0.3) is 5.91 Å². The van der Waals surface area contributed by atoms with Crippen LogP contribution in [0, 0.1) is 0 Å². The van der Waals surface area contributed by atoms with Gasteiger partial charge in [0.2, 0.25) is 0 Å². The van der Waals surface area contributed by atoms with E-state index in [-0.39, 0.29) is 5.91 Å². The Kier molecular flexibility index (Phi) is 4.59. The lowest BCUT2D eigenvalue weighted by Gasteiger charge is -2.20. The van der Waals surface area contributed by atoms with Crippen molar-refractivity contribution < 1.29 is 4.79 Å². The number of amides is 1. The summed E-state index contributed by atoms with van der Waals surface area (Å²) < 4.78 is 0.954. The minimum Gasteiger partial charge on any atom is -0.311 e. The highest BCUT2D eigenvalue weighted by molar-refractivity contribution is 9.10. The largest absolute Gasteiger partial charge is 0.311 e. The maximum atomic E-state index is 12.4. The lowest BCUT2D eigenvalue weighted by molar-refractivity contribution is -0.115. The quantitative estimate of drug-likeness (QED) is 0.797. The van der Waals surface area contributed by atoms with Gasteiger partial charge in [0.1, 0.15) is 0 Å². The highest BCUT2D eigenvalue weighted by Gasteiger charge is 2.18. The van der Waals surface area contributed by atoms with E-state index in [1.54, 1.807) is 4.90 Å². The summed E-state index contributed by atoms with van der Waals surface area (Å²) in [6.45, 7) is 0. The third-order valence-corrected chi connectivity index (χ3v) is 4.00. The zero-order valence-electron chi connectivity index (χ0n) is 10.7. The number of rotatable bonds is 2. The number of nitrogens with zero attached hydrogens (tertiary/aromatic N) is 1. The second kappa shape index (κ2) is 6.19. The molecule has 1 aromatic rings. The van der Waals surface area contributed by atoms with Crippen molar-refractivity contribution in [2.24, 2.45) is 0 Å². The van der Waals surface area contributed by atoms with E-state index in [1.807, 2.05) is 31.3 Å². The van der Waals surface area contributed by atoms with E-state index >= 15 is 0 Å². The fourth-order valence-corrected chi connectivity index (χ4v) is 2.81. The molecule has 0 atom stereocenters. The number of para-hydroxylation sites is 1. The number of hydrogen-bond donors (Lipinski definition) is 0. The van der Waals surface area contributed by atoms with Gasteiger partial charge in [0.05, 0.1) is 5.69 Å². The molecule has 0 N–H and O–H groups in total. The summed E-state index contributed by atoms with van der Waals surface area (Å²) in [6, 6.07) is 7.82. The minimum atomic E-state index is 0.129. The van der Waals surface area contributed by atoms with Crippen molar-refractivity contribution in [2.75, 3.05) is 11.9 Å². The van der Waals surface area contributed by atoms with Crippen LogP contribution in [0.15, 0.2) is 40.4 Å². The number of halogens is 1. The molecule has 0 bridgehead atoms. The molecule has 0 spiro atoms. The smallest absolute Gasteiger partial charge is 0.253 e. The van der Waals surface area contributed by atoms with Crippen molar-refractivity contribution in [1.29, 1.82) is 0 Å². The van der Waals surface area contributed by atoms with Gasteiger partial charge in [-0.3, -0.25) is 4.79 Å². The molecular weight excluding hydrogens is 290 g/mol. The molecule has 1 aliphatic carbocycles. The molecule has 1 aliphatic rings. The lowest BCUT2D eigenvalue weighted by atomic mass is 10.1. The minimum absolute atomic E-state index is 0.129. The number of benzene rings is 1. The number of likely N-dealkylation sites (N-methyl/N-ethyl adjacent to an activating group) is 1. The SMILES string of the molecule is CN(C(=O)C1=CCCCCC1)c1ccccc1Br. The first kappa shape index (κ1) is 13.3. The first-order chi connectivity index (χ1) is 8.70. The second-order valence-electron chi connectivity index (χ2n) is 4.64. The molecule has 2 rings (SSSR count). The van der Waals surface area contributed by atoms with Crippen LogP contribution in [0.2, 0.25) is 0 Å². The molecule has 0 unspecified atom stereocenters. The first-order valence-electron chi connectivity index (χ1n) is 6.42. The van der Waals surface area contributed by atoms with Crippen LogP contribution in [0.1, 0.15) is 32.1 Å². The molecule has 2 nitrogen and oxygen atoms in total. The Morgan fingerprint density at radius 3 is 2.78 bits per heavy atom. The van der Waals surface area contributed by atoms with Crippen molar-refractivity contribution >= 4 is 27.5 Å². The fraction of sp³-hybridized carbons (Fsp3) is 0.400. The van der Waals surface area contributed by atoms with Crippen molar-refractivity contribution in [1.82, 2.24) is 0 Å². The third-order valence-electron chi connectivity index (χ3n) is 3.33. The van der Waals surface area contributed by atoms with Crippen molar-refractivity contribution in [3.8, 4) is 0 Å². The molecular formula is C15H18BrNO. The molecule has 0 aliphatic heterocycles. The van der Waals surface area contributed by atoms with Gasteiger partial charge < -0.3 is 4.90 Å². The van der Waals surface area contributed by atoms with Crippen LogP contribution >= 0.6 is 15.9 Å². The van der Waals surface area contributed by atoms with Crippen LogP contribution in [-0.2, 0) is 4.79 Å². The van der Waals surface area contributed by atoms with Crippen molar-refractivity contribution in [3.05, 3.63) is 40.4 Å². The normalized spacial score (nSPS) is 15.8. The van der Waals surface area contributed by atoms with Crippen LogP contribution < -0.4 is 4.90 Å². The Balaban J connectivity index is 2.18. The molecule has 0 aromatic heterocycles. The van der Waals surface area contributed by atoms with E-state index in [9.17, 15) is 4.79 Å². The van der Waals surface area contributed by atoms with Gasteiger partial charge in [-0.05, 0) is 53.7 Å². The highest BCUT2D eigenvalue weighted by atomic mass is 79.9. The Hall–Kier alpha value is -1.09. The summed E-state index contributed by atoms with van der Waals surface area (Å²) in [5, 5.41) is 0. The van der Waals surface area contributed by atoms with Crippen LogP contribution in [0.5, 0.6) is 0 Å². The lowest BCUT2D eigenvalue weighted by Crippen LogP contribution is -2.28. The number of hydrogen-bond acceptors (Lipinski definition) is 1. The predicted molar refractivity (Wildman–Crippen MR) is 78.7 cm³/mol. The average Bonchev–Trinajstić information content (AvgIpc) is 2.66. The van der Waals surface area contributed by atoms with E-state index in [2.05, 4.69) is 22.0 Å². The molecule has 0 fully saturated rings. The van der Waals surface area contributed by atoms with Gasteiger partial charge in [-0.1, -0.05) is 24.6 Å². The molecule has 96 valence electrons. The van der Waals surface area contributed by atoms with Crippen molar-refractivity contribution in [3.63, 3.8) is 0 Å². The zero-order chi connectivity index (χ0) is 13.0. The van der Waals surface area contributed by atoms with Gasteiger partial charge in [-0.2, -0.15) is 0 Å². The maximum absolute atomic E-state index is 12.4. The number of anilines is 1. The predicted octanol–water partition coefficient (Wildman–Crippen LogP) is 4.30. The average molecular weight is 308 g/mol. The summed E-state index contributed by atoms with van der Waals surface area (Å²) in [5.41, 5.74) is 1.89. The van der Waals surface area contributed by atoms with Gasteiger partial charge in [-0.25, -0.2) is 0 Å². The molecule has 0 radical (unpaired) electrons. The molecule has 0 saturated heterocycles. The Bertz CT molecular complexity index is 467. The van der Waals surface area contributed by atoms with Gasteiger partial charge in [-0.15, -0.1) is 0 Å². The third kappa shape index (κ3) is 3.02. The Labute approximate surface area is 117 Å². The summed E-state index contributed by atoms with van der Waals surface area (Å²) >= 11 is 3.49. The summed E-state index contributed by atoms with van der Waals surface area (Å²) in [7, 11) is 1.84. The zero-order valence-corrected chi connectivity index (χ0v) is 12.2. The summed E-state index contributed by atoms with van der Waals surface area (Å²) in [6.07, 6.45) is 7.62. The number of carbonyl (C=O) groups excluding carboxylic acids is 1. The second-order valence-corrected chi connectivity index (χ2v) is 5.50. The maximum Gasteiger partial charge on any atom is 0.253 e. The van der Waals surface area contributed by atoms with Crippen LogP contribution in [-0.4, -0.2) is 13.0 Å². The van der Waals surface area contributed by atoms with Gasteiger partial charge in [0, 0.05) is 17.1 Å². The molecule has 0 saturated carbocycles. The van der Waals surface area contributed by atoms with Crippen LogP contribution in [0.3, 0.4) is 0 Å². The molecule has 0 heterocycles. The number of allylic oxidation sites excluding steroid dienone is 1. The van der Waals surface area contributed by atoms with E-state index < -0.39 is 0 Å². The van der Waals surface area contributed by atoms with Crippen LogP contribution in [0.4, 0.5) is 5.69 Å². The summed E-state index contributed by atoms with van der Waals surface area (Å²) in [5.74, 6) is 0.129. The standard InChI is InChI=1S/C15H18BrNO/c1-17(14-11-7-6-10-13(14)16)15(18)12-8-4-2-3-5-9-12/h6-8,10-11H,2-5,9H2,1H3. The molecule has 1 amide bonds.